The fourth-order valence-electron chi connectivity index (χ4n) is 2.36. The lowest BCUT2D eigenvalue weighted by Crippen LogP contribution is -2.16. The summed E-state index contributed by atoms with van der Waals surface area (Å²) in [5, 5.41) is 26.1. The van der Waals surface area contributed by atoms with E-state index < -0.39 is 23.8 Å². The largest absolute Gasteiger partial charge is 0.481 e. The summed E-state index contributed by atoms with van der Waals surface area (Å²) in [5.74, 6) is -4.26. The first-order valence-electron chi connectivity index (χ1n) is 5.06. The highest BCUT2D eigenvalue weighted by Gasteiger charge is 2.39. The van der Waals surface area contributed by atoms with Crippen LogP contribution in [-0.2, 0) is 14.4 Å². The molecule has 3 N–H and O–H groups in total. The van der Waals surface area contributed by atoms with Gasteiger partial charge in [-0.2, -0.15) is 0 Å². The first kappa shape index (κ1) is 12.5. The number of carboxylic acids is 3. The van der Waals surface area contributed by atoms with Crippen molar-refractivity contribution in [3.63, 3.8) is 0 Å². The molecule has 0 spiro atoms. The van der Waals surface area contributed by atoms with Crippen molar-refractivity contribution in [1.82, 2.24) is 0 Å². The number of hydrogen-bond donors (Lipinski definition) is 3. The van der Waals surface area contributed by atoms with Crippen LogP contribution in [0.2, 0.25) is 0 Å². The van der Waals surface area contributed by atoms with E-state index in [2.05, 4.69) is 0 Å². The van der Waals surface area contributed by atoms with Crippen LogP contribution in [0.3, 0.4) is 0 Å². The van der Waals surface area contributed by atoms with Gasteiger partial charge in [0.2, 0.25) is 0 Å². The fourth-order valence-corrected chi connectivity index (χ4v) is 2.36. The van der Waals surface area contributed by atoms with Gasteiger partial charge in [-0.15, -0.1) is 0 Å². The Kier molecular flexibility index (Phi) is 3.87. The summed E-state index contributed by atoms with van der Waals surface area (Å²) in [6, 6.07) is 0. The van der Waals surface area contributed by atoms with E-state index in [0.717, 1.165) is 0 Å². The van der Waals surface area contributed by atoms with Gasteiger partial charge in [-0.25, -0.2) is 0 Å². The lowest BCUT2D eigenvalue weighted by atomic mass is 9.90. The van der Waals surface area contributed by atoms with Crippen molar-refractivity contribution in [3.8, 4) is 0 Å². The molecule has 1 fully saturated rings. The van der Waals surface area contributed by atoms with Gasteiger partial charge in [0, 0.05) is 12.8 Å². The molecule has 1 saturated carbocycles. The van der Waals surface area contributed by atoms with Crippen LogP contribution in [0, 0.1) is 17.8 Å². The topological polar surface area (TPSA) is 112 Å². The Balaban J connectivity index is 2.66. The quantitative estimate of drug-likeness (QED) is 0.639. The van der Waals surface area contributed by atoms with E-state index in [1.54, 1.807) is 0 Å². The maximum Gasteiger partial charge on any atom is 0.306 e. The van der Waals surface area contributed by atoms with Gasteiger partial charge < -0.3 is 15.3 Å². The van der Waals surface area contributed by atoms with Crippen LogP contribution < -0.4 is 0 Å². The molecule has 2 atom stereocenters. The molecular formula is C10H14O6. The molecule has 0 amide bonds. The maximum atomic E-state index is 10.8. The molecule has 0 bridgehead atoms. The first-order chi connectivity index (χ1) is 7.40. The van der Waals surface area contributed by atoms with Crippen molar-refractivity contribution in [2.24, 2.45) is 17.8 Å². The zero-order valence-electron chi connectivity index (χ0n) is 8.63. The van der Waals surface area contributed by atoms with E-state index in [-0.39, 0.29) is 37.5 Å². The molecule has 90 valence electrons. The van der Waals surface area contributed by atoms with Crippen LogP contribution in [0.15, 0.2) is 0 Å². The Morgan fingerprint density at radius 2 is 1.25 bits per heavy atom. The number of carboxylic acid groups (broad SMARTS) is 3. The van der Waals surface area contributed by atoms with Gasteiger partial charge in [-0.3, -0.25) is 14.4 Å². The van der Waals surface area contributed by atoms with E-state index in [0.29, 0.717) is 0 Å². The predicted octanol–water partition coefficient (Wildman–Crippen LogP) is 0.663. The van der Waals surface area contributed by atoms with Crippen molar-refractivity contribution >= 4 is 17.9 Å². The SMILES string of the molecule is O=C(O)CC1CC(C(=O)O)CC1CC(=O)O. The summed E-state index contributed by atoms with van der Waals surface area (Å²) in [5.41, 5.74) is 0. The molecule has 0 aliphatic heterocycles. The van der Waals surface area contributed by atoms with Crippen LogP contribution >= 0.6 is 0 Å². The van der Waals surface area contributed by atoms with E-state index in [4.69, 9.17) is 15.3 Å². The standard InChI is InChI=1S/C10H14O6/c11-8(12)3-5-1-7(10(15)16)2-6(5)4-9(13)14/h5-7H,1-4H2,(H,11,12)(H,13,14)(H,15,16). The number of hydrogen-bond acceptors (Lipinski definition) is 3. The predicted molar refractivity (Wildman–Crippen MR) is 51.8 cm³/mol. The second-order valence-corrected chi connectivity index (χ2v) is 4.22. The Labute approximate surface area is 91.9 Å². The first-order valence-corrected chi connectivity index (χ1v) is 5.06. The van der Waals surface area contributed by atoms with Crippen molar-refractivity contribution in [2.75, 3.05) is 0 Å². The van der Waals surface area contributed by atoms with E-state index >= 15 is 0 Å². The monoisotopic (exact) mass is 230 g/mol. The van der Waals surface area contributed by atoms with Crippen molar-refractivity contribution in [1.29, 1.82) is 0 Å². The Morgan fingerprint density at radius 1 is 0.875 bits per heavy atom. The summed E-state index contributed by atoms with van der Waals surface area (Å²) < 4.78 is 0. The van der Waals surface area contributed by atoms with Crippen LogP contribution in [0.1, 0.15) is 25.7 Å². The van der Waals surface area contributed by atoms with E-state index in [1.807, 2.05) is 0 Å². The molecule has 6 heteroatoms. The van der Waals surface area contributed by atoms with Crippen molar-refractivity contribution in [2.45, 2.75) is 25.7 Å². The Morgan fingerprint density at radius 3 is 1.50 bits per heavy atom. The van der Waals surface area contributed by atoms with Crippen LogP contribution in [0.4, 0.5) is 0 Å². The molecular weight excluding hydrogens is 216 g/mol. The lowest BCUT2D eigenvalue weighted by Gasteiger charge is -2.14. The molecule has 0 saturated heterocycles. The third-order valence-electron chi connectivity index (χ3n) is 3.06. The van der Waals surface area contributed by atoms with Gasteiger partial charge in [-0.1, -0.05) is 0 Å². The third kappa shape index (κ3) is 3.22. The molecule has 1 aliphatic carbocycles. The second-order valence-electron chi connectivity index (χ2n) is 4.22. The molecule has 0 heterocycles. The molecule has 0 radical (unpaired) electrons. The number of carbonyl (C=O) groups is 3. The average Bonchev–Trinajstić information content (AvgIpc) is 2.46. The highest BCUT2D eigenvalue weighted by Crippen LogP contribution is 2.40. The molecule has 1 aliphatic rings. The van der Waals surface area contributed by atoms with Crippen LogP contribution in [0.5, 0.6) is 0 Å². The average molecular weight is 230 g/mol. The zero-order chi connectivity index (χ0) is 12.3. The number of rotatable bonds is 5. The molecule has 2 unspecified atom stereocenters. The normalized spacial score (nSPS) is 28.9. The molecule has 0 aromatic rings. The van der Waals surface area contributed by atoms with E-state index in [1.165, 1.54) is 0 Å². The highest BCUT2D eigenvalue weighted by atomic mass is 16.4. The minimum Gasteiger partial charge on any atom is -0.481 e. The minimum absolute atomic E-state index is 0.151. The molecule has 1 rings (SSSR count). The summed E-state index contributed by atoms with van der Waals surface area (Å²) >= 11 is 0. The summed E-state index contributed by atoms with van der Waals surface area (Å²) in [4.78, 5) is 31.9. The highest BCUT2D eigenvalue weighted by molar-refractivity contribution is 5.72. The minimum atomic E-state index is -1.01. The van der Waals surface area contributed by atoms with E-state index in [9.17, 15) is 14.4 Å². The van der Waals surface area contributed by atoms with Gasteiger partial charge >= 0.3 is 17.9 Å². The fraction of sp³-hybridized carbons (Fsp3) is 0.700. The maximum absolute atomic E-state index is 10.8. The van der Waals surface area contributed by atoms with Gasteiger partial charge in [0.1, 0.15) is 0 Å². The van der Waals surface area contributed by atoms with Gasteiger partial charge in [-0.05, 0) is 24.7 Å². The molecule has 16 heavy (non-hydrogen) atoms. The van der Waals surface area contributed by atoms with Gasteiger partial charge in [0.05, 0.1) is 5.92 Å². The van der Waals surface area contributed by atoms with Crippen molar-refractivity contribution < 1.29 is 29.7 Å². The van der Waals surface area contributed by atoms with Crippen molar-refractivity contribution in [3.05, 3.63) is 0 Å². The smallest absolute Gasteiger partial charge is 0.306 e. The van der Waals surface area contributed by atoms with Crippen LogP contribution in [-0.4, -0.2) is 33.2 Å². The molecule has 0 aromatic heterocycles. The zero-order valence-corrected chi connectivity index (χ0v) is 8.63. The molecule has 0 aromatic carbocycles. The Bertz CT molecular complexity index is 286. The lowest BCUT2D eigenvalue weighted by molar-refractivity contribution is -0.142. The molecule has 6 nitrogen and oxygen atoms in total. The third-order valence-corrected chi connectivity index (χ3v) is 3.06. The van der Waals surface area contributed by atoms with Gasteiger partial charge in [0.25, 0.3) is 0 Å². The Hall–Kier alpha value is -1.59. The summed E-state index contributed by atoms with van der Waals surface area (Å²) in [7, 11) is 0. The number of aliphatic carboxylic acids is 3. The second kappa shape index (κ2) is 4.96. The summed E-state index contributed by atoms with van der Waals surface area (Å²) in [6.45, 7) is 0. The summed E-state index contributed by atoms with van der Waals surface area (Å²) in [6.07, 6.45) is 0.225. The van der Waals surface area contributed by atoms with Gasteiger partial charge in [0.15, 0.2) is 0 Å². The van der Waals surface area contributed by atoms with Crippen LogP contribution in [0.25, 0.3) is 0 Å².